The number of carbonyl (C=O) groups excluding carboxylic acids is 1. The minimum absolute atomic E-state index is 0.252. The van der Waals surface area contributed by atoms with Crippen molar-refractivity contribution < 1.29 is 4.79 Å². The number of nitrogens with two attached hydrogens (primary N) is 1. The van der Waals surface area contributed by atoms with E-state index in [0.717, 1.165) is 34.6 Å². The number of thioether (sulfide) groups is 1. The van der Waals surface area contributed by atoms with Crippen LogP contribution in [0.15, 0.2) is 23.5 Å². The maximum absolute atomic E-state index is 12.0. The number of carbonyl (C=O) groups is 1. The van der Waals surface area contributed by atoms with E-state index >= 15 is 0 Å². The standard InChI is InChI=1S/C18H20N6OS/c1-26-18-20-8-9-2-5-13-15(17(19)25)23-24(16(13)14(9)22-18)12-6-10-3-4-11(7-12)21-10/h2,5,8,10-12,21H,3-4,6-7H2,1H3,(H2,19,25)/t10-,11+,12?. The van der Waals surface area contributed by atoms with E-state index in [2.05, 4.69) is 15.4 Å². The zero-order valence-corrected chi connectivity index (χ0v) is 15.3. The Labute approximate surface area is 154 Å². The second kappa shape index (κ2) is 5.92. The third kappa shape index (κ3) is 2.39. The molecule has 2 aromatic heterocycles. The fourth-order valence-electron chi connectivity index (χ4n) is 4.47. The van der Waals surface area contributed by atoms with Crippen LogP contribution in [-0.2, 0) is 0 Å². The molecule has 0 radical (unpaired) electrons. The number of hydrogen-bond donors (Lipinski definition) is 2. The van der Waals surface area contributed by atoms with Crippen molar-refractivity contribution in [3.8, 4) is 0 Å². The van der Waals surface area contributed by atoms with Crippen molar-refractivity contribution in [2.24, 2.45) is 5.73 Å². The van der Waals surface area contributed by atoms with Crippen molar-refractivity contribution >= 4 is 39.5 Å². The summed E-state index contributed by atoms with van der Waals surface area (Å²) in [6.45, 7) is 0. The quantitative estimate of drug-likeness (QED) is 0.543. The molecule has 8 heteroatoms. The number of amides is 1. The first-order valence-corrected chi connectivity index (χ1v) is 10.1. The number of benzene rings is 1. The van der Waals surface area contributed by atoms with Gasteiger partial charge in [0.05, 0.1) is 11.6 Å². The van der Waals surface area contributed by atoms with E-state index in [1.807, 2.05) is 29.3 Å². The SMILES string of the molecule is CSc1ncc2ccc3c(C(N)=O)nn(C4C[C@H]5CC[C@@H](C4)N5)c3c2n1. The van der Waals surface area contributed by atoms with Crippen molar-refractivity contribution in [2.45, 2.75) is 49.0 Å². The summed E-state index contributed by atoms with van der Waals surface area (Å²) < 4.78 is 2.01. The monoisotopic (exact) mass is 368 g/mol. The number of rotatable bonds is 3. The molecule has 3 N–H and O–H groups in total. The lowest BCUT2D eigenvalue weighted by Gasteiger charge is -2.29. The summed E-state index contributed by atoms with van der Waals surface area (Å²) in [5, 5.41) is 10.8. The molecular weight excluding hydrogens is 348 g/mol. The van der Waals surface area contributed by atoms with Crippen molar-refractivity contribution in [3.63, 3.8) is 0 Å². The lowest BCUT2D eigenvalue weighted by atomic mass is 9.99. The molecule has 26 heavy (non-hydrogen) atoms. The van der Waals surface area contributed by atoms with Gasteiger partial charge in [0.15, 0.2) is 10.9 Å². The molecule has 0 saturated carbocycles. The predicted molar refractivity (Wildman–Crippen MR) is 101 cm³/mol. The number of nitrogens with one attached hydrogen (secondary N) is 1. The Balaban J connectivity index is 1.78. The van der Waals surface area contributed by atoms with E-state index in [9.17, 15) is 4.79 Å². The Morgan fingerprint density at radius 1 is 1.31 bits per heavy atom. The summed E-state index contributed by atoms with van der Waals surface area (Å²) in [5.74, 6) is -0.496. The van der Waals surface area contributed by atoms with Gasteiger partial charge in [-0.3, -0.25) is 9.48 Å². The van der Waals surface area contributed by atoms with Crippen molar-refractivity contribution in [2.75, 3.05) is 6.26 Å². The van der Waals surface area contributed by atoms with Crippen LogP contribution in [0.2, 0.25) is 0 Å². The van der Waals surface area contributed by atoms with Gasteiger partial charge in [0.2, 0.25) is 0 Å². The van der Waals surface area contributed by atoms with Crippen LogP contribution in [0.5, 0.6) is 0 Å². The predicted octanol–water partition coefficient (Wildman–Crippen LogP) is 2.26. The molecule has 2 aliphatic heterocycles. The van der Waals surface area contributed by atoms with Crippen molar-refractivity contribution in [1.29, 1.82) is 0 Å². The van der Waals surface area contributed by atoms with Crippen molar-refractivity contribution in [1.82, 2.24) is 25.1 Å². The Morgan fingerprint density at radius 3 is 2.77 bits per heavy atom. The first-order chi connectivity index (χ1) is 12.6. The maximum atomic E-state index is 12.0. The second-order valence-corrected chi connectivity index (χ2v) is 7.95. The Kier molecular flexibility index (Phi) is 3.65. The molecule has 2 bridgehead atoms. The van der Waals surface area contributed by atoms with Gasteiger partial charge in [0, 0.05) is 29.1 Å². The van der Waals surface area contributed by atoms with Crippen LogP contribution in [-0.4, -0.2) is 44.0 Å². The number of primary amides is 1. The van der Waals surface area contributed by atoms with Gasteiger partial charge in [0.1, 0.15) is 5.52 Å². The largest absolute Gasteiger partial charge is 0.364 e. The minimum Gasteiger partial charge on any atom is -0.364 e. The van der Waals surface area contributed by atoms with Crippen LogP contribution in [0.25, 0.3) is 21.8 Å². The zero-order chi connectivity index (χ0) is 17.8. The Bertz CT molecular complexity index is 1020. The fraction of sp³-hybridized carbons (Fsp3) is 0.444. The molecule has 0 spiro atoms. The average Bonchev–Trinajstić information content (AvgIpc) is 3.21. The van der Waals surface area contributed by atoms with Gasteiger partial charge in [-0.25, -0.2) is 9.97 Å². The van der Waals surface area contributed by atoms with Gasteiger partial charge in [-0.2, -0.15) is 5.10 Å². The molecule has 2 aliphatic rings. The molecule has 3 atom stereocenters. The molecule has 2 fully saturated rings. The van der Waals surface area contributed by atoms with Gasteiger partial charge >= 0.3 is 0 Å². The highest BCUT2D eigenvalue weighted by atomic mass is 32.2. The normalized spacial score (nSPS) is 25.2. The third-order valence-electron chi connectivity index (χ3n) is 5.61. The lowest BCUT2D eigenvalue weighted by Crippen LogP contribution is -2.39. The molecule has 4 heterocycles. The molecular formula is C18H20N6OS. The summed E-state index contributed by atoms with van der Waals surface area (Å²) in [5.41, 5.74) is 7.70. The zero-order valence-electron chi connectivity index (χ0n) is 14.5. The third-order valence-corrected chi connectivity index (χ3v) is 6.17. The first kappa shape index (κ1) is 16.0. The lowest BCUT2D eigenvalue weighted by molar-refractivity contribution is 0.0995. The highest BCUT2D eigenvalue weighted by Gasteiger charge is 2.36. The Hall–Kier alpha value is -2.19. The number of nitrogens with zero attached hydrogens (tertiary/aromatic N) is 4. The summed E-state index contributed by atoms with van der Waals surface area (Å²) >= 11 is 1.50. The second-order valence-electron chi connectivity index (χ2n) is 7.18. The van der Waals surface area contributed by atoms with Crippen LogP contribution in [0.3, 0.4) is 0 Å². The van der Waals surface area contributed by atoms with Gasteiger partial charge < -0.3 is 11.1 Å². The van der Waals surface area contributed by atoms with Crippen molar-refractivity contribution in [3.05, 3.63) is 24.0 Å². The van der Waals surface area contributed by atoms with Crippen LogP contribution in [0.4, 0.5) is 0 Å². The molecule has 1 aromatic carbocycles. The van der Waals surface area contributed by atoms with E-state index < -0.39 is 5.91 Å². The highest BCUT2D eigenvalue weighted by Crippen LogP contribution is 2.37. The number of hydrogen-bond acceptors (Lipinski definition) is 6. The first-order valence-electron chi connectivity index (χ1n) is 8.92. The smallest absolute Gasteiger partial charge is 0.269 e. The van der Waals surface area contributed by atoms with Gasteiger partial charge in [-0.1, -0.05) is 17.8 Å². The van der Waals surface area contributed by atoms with E-state index in [1.54, 1.807) is 0 Å². The number of fused-ring (bicyclic) bond motifs is 5. The highest BCUT2D eigenvalue weighted by molar-refractivity contribution is 7.98. The number of aromatic nitrogens is 4. The maximum Gasteiger partial charge on any atom is 0.269 e. The summed E-state index contributed by atoms with van der Waals surface area (Å²) in [4.78, 5) is 21.1. The van der Waals surface area contributed by atoms with Crippen LogP contribution in [0, 0.1) is 0 Å². The number of piperidine rings is 1. The van der Waals surface area contributed by atoms with E-state index in [4.69, 9.17) is 10.7 Å². The van der Waals surface area contributed by atoms with Gasteiger partial charge in [-0.15, -0.1) is 0 Å². The molecule has 7 nitrogen and oxygen atoms in total. The molecule has 5 rings (SSSR count). The van der Waals surface area contributed by atoms with Crippen LogP contribution < -0.4 is 11.1 Å². The molecule has 3 aromatic rings. The van der Waals surface area contributed by atoms with E-state index in [0.29, 0.717) is 22.9 Å². The summed E-state index contributed by atoms with van der Waals surface area (Å²) in [7, 11) is 0. The summed E-state index contributed by atoms with van der Waals surface area (Å²) in [6.07, 6.45) is 8.24. The Morgan fingerprint density at radius 2 is 2.08 bits per heavy atom. The molecule has 0 aliphatic carbocycles. The minimum atomic E-state index is -0.496. The molecule has 2 saturated heterocycles. The average molecular weight is 368 g/mol. The fourth-order valence-corrected chi connectivity index (χ4v) is 4.81. The van der Waals surface area contributed by atoms with Gasteiger partial charge in [-0.05, 0) is 38.0 Å². The molecule has 1 amide bonds. The van der Waals surface area contributed by atoms with Crippen LogP contribution in [0.1, 0.15) is 42.2 Å². The van der Waals surface area contributed by atoms with Gasteiger partial charge in [0.25, 0.3) is 5.91 Å². The van der Waals surface area contributed by atoms with Crippen LogP contribution >= 0.6 is 11.8 Å². The van der Waals surface area contributed by atoms with E-state index in [-0.39, 0.29) is 6.04 Å². The summed E-state index contributed by atoms with van der Waals surface area (Å²) in [6, 6.07) is 5.16. The topological polar surface area (TPSA) is 98.7 Å². The molecule has 1 unspecified atom stereocenters. The molecule has 134 valence electrons. The van der Waals surface area contributed by atoms with E-state index in [1.165, 1.54) is 24.6 Å².